The van der Waals surface area contributed by atoms with Crippen LogP contribution in [-0.4, -0.2) is 4.57 Å². The monoisotopic (exact) mass is 447 g/mol. The number of para-hydroxylation sites is 1. The highest BCUT2D eigenvalue weighted by Crippen LogP contribution is 2.36. The molecule has 0 amide bonds. The molecule has 6 rings (SSSR count). The van der Waals surface area contributed by atoms with Crippen LogP contribution in [-0.2, 0) is 0 Å². The molecule has 0 bridgehead atoms. The number of halogens is 1. The topological polar surface area (TPSA) is 4.93 Å². The average molecular weight is 448 g/mol. The van der Waals surface area contributed by atoms with E-state index in [-0.39, 0.29) is 0 Å². The highest BCUT2D eigenvalue weighted by molar-refractivity contribution is 9.10. The first-order valence-corrected chi connectivity index (χ1v) is 10.9. The fourth-order valence-electron chi connectivity index (χ4n) is 4.43. The van der Waals surface area contributed by atoms with Crippen molar-refractivity contribution in [1.82, 2.24) is 4.57 Å². The van der Waals surface area contributed by atoms with Gasteiger partial charge in [-0.05, 0) is 52.2 Å². The van der Waals surface area contributed by atoms with Crippen molar-refractivity contribution < 1.29 is 0 Å². The third kappa shape index (κ3) is 2.68. The van der Waals surface area contributed by atoms with Crippen LogP contribution < -0.4 is 0 Å². The summed E-state index contributed by atoms with van der Waals surface area (Å²) in [5.74, 6) is 0. The zero-order chi connectivity index (χ0) is 20.1. The number of rotatable bonds is 2. The Morgan fingerprint density at radius 3 is 2.17 bits per heavy atom. The van der Waals surface area contributed by atoms with E-state index in [9.17, 15) is 0 Å². The van der Waals surface area contributed by atoms with Crippen LogP contribution in [0, 0.1) is 0 Å². The molecular formula is C28H18BrN. The summed E-state index contributed by atoms with van der Waals surface area (Å²) < 4.78 is 3.50. The summed E-state index contributed by atoms with van der Waals surface area (Å²) in [7, 11) is 0. The lowest BCUT2D eigenvalue weighted by atomic mass is 10.0. The van der Waals surface area contributed by atoms with E-state index in [0.717, 1.165) is 4.47 Å². The van der Waals surface area contributed by atoms with Crippen molar-refractivity contribution in [3.63, 3.8) is 0 Å². The van der Waals surface area contributed by atoms with Crippen molar-refractivity contribution in [2.24, 2.45) is 0 Å². The van der Waals surface area contributed by atoms with Gasteiger partial charge in [0, 0.05) is 20.9 Å². The van der Waals surface area contributed by atoms with E-state index in [2.05, 4.69) is 130 Å². The van der Waals surface area contributed by atoms with Crippen molar-refractivity contribution in [2.45, 2.75) is 0 Å². The van der Waals surface area contributed by atoms with E-state index in [1.165, 1.54) is 49.4 Å². The number of aromatic nitrogens is 1. The number of hydrogen-bond donors (Lipinski definition) is 0. The first-order valence-electron chi connectivity index (χ1n) is 10.1. The molecule has 0 radical (unpaired) electrons. The standard InChI is InChI=1S/C28H18BrN/c29-26-11-5-3-9-23(26)21-14-16-25-24-10-4-6-12-27(24)30(28(25)18-21)22-15-13-19-7-1-2-8-20(19)17-22/h1-18H. The summed E-state index contributed by atoms with van der Waals surface area (Å²) in [6.45, 7) is 0. The van der Waals surface area contributed by atoms with Crippen LogP contribution in [0.3, 0.4) is 0 Å². The molecule has 0 spiro atoms. The summed E-state index contributed by atoms with van der Waals surface area (Å²) in [4.78, 5) is 0. The Morgan fingerprint density at radius 2 is 1.27 bits per heavy atom. The molecule has 5 aromatic carbocycles. The Labute approximate surface area is 183 Å². The summed E-state index contributed by atoms with van der Waals surface area (Å²) in [5.41, 5.74) is 6.05. The van der Waals surface area contributed by atoms with Crippen molar-refractivity contribution in [3.05, 3.63) is 114 Å². The minimum Gasteiger partial charge on any atom is -0.309 e. The molecule has 2 heteroatoms. The Kier molecular flexibility index (Phi) is 4.00. The fraction of sp³-hybridized carbons (Fsp3) is 0. The fourth-order valence-corrected chi connectivity index (χ4v) is 4.94. The molecule has 0 saturated heterocycles. The Bertz CT molecular complexity index is 1560. The lowest BCUT2D eigenvalue weighted by molar-refractivity contribution is 1.19. The summed E-state index contributed by atoms with van der Waals surface area (Å²) in [6, 6.07) is 39.1. The Morgan fingerprint density at radius 1 is 0.533 bits per heavy atom. The zero-order valence-electron chi connectivity index (χ0n) is 16.2. The Balaban J connectivity index is 1.69. The molecule has 0 aliphatic rings. The van der Waals surface area contributed by atoms with Gasteiger partial charge in [0.15, 0.2) is 0 Å². The molecule has 0 N–H and O–H groups in total. The molecule has 142 valence electrons. The molecule has 0 aliphatic carbocycles. The van der Waals surface area contributed by atoms with Gasteiger partial charge in [-0.15, -0.1) is 0 Å². The SMILES string of the molecule is Brc1ccccc1-c1ccc2c3ccccc3n(-c3ccc4ccccc4c3)c2c1. The van der Waals surface area contributed by atoms with Crippen LogP contribution in [0.1, 0.15) is 0 Å². The van der Waals surface area contributed by atoms with Crippen molar-refractivity contribution in [2.75, 3.05) is 0 Å². The minimum atomic E-state index is 1.11. The van der Waals surface area contributed by atoms with Gasteiger partial charge in [0.25, 0.3) is 0 Å². The molecule has 1 nitrogen and oxygen atoms in total. The highest BCUT2D eigenvalue weighted by Gasteiger charge is 2.14. The van der Waals surface area contributed by atoms with Crippen molar-refractivity contribution >= 4 is 48.5 Å². The number of benzene rings is 5. The van der Waals surface area contributed by atoms with Gasteiger partial charge in [0.2, 0.25) is 0 Å². The third-order valence-electron chi connectivity index (χ3n) is 5.85. The number of nitrogens with zero attached hydrogens (tertiary/aromatic N) is 1. The van der Waals surface area contributed by atoms with E-state index in [1.54, 1.807) is 0 Å². The quantitative estimate of drug-likeness (QED) is 0.251. The van der Waals surface area contributed by atoms with Crippen LogP contribution in [0.25, 0.3) is 49.4 Å². The first-order chi connectivity index (χ1) is 14.8. The maximum Gasteiger partial charge on any atom is 0.0547 e. The van der Waals surface area contributed by atoms with Gasteiger partial charge in [-0.2, -0.15) is 0 Å². The van der Waals surface area contributed by atoms with Crippen LogP contribution >= 0.6 is 15.9 Å². The van der Waals surface area contributed by atoms with E-state index in [4.69, 9.17) is 0 Å². The molecular weight excluding hydrogens is 430 g/mol. The molecule has 0 aliphatic heterocycles. The predicted molar refractivity (Wildman–Crippen MR) is 131 cm³/mol. The summed E-state index contributed by atoms with van der Waals surface area (Å²) in [6.07, 6.45) is 0. The zero-order valence-corrected chi connectivity index (χ0v) is 17.8. The maximum absolute atomic E-state index is 3.72. The van der Waals surface area contributed by atoms with Gasteiger partial charge >= 0.3 is 0 Å². The van der Waals surface area contributed by atoms with Gasteiger partial charge in [-0.25, -0.2) is 0 Å². The predicted octanol–water partition coefficient (Wildman–Crippen LogP) is 8.37. The molecule has 0 fully saturated rings. The number of fused-ring (bicyclic) bond motifs is 4. The normalized spacial score (nSPS) is 11.5. The lowest BCUT2D eigenvalue weighted by Gasteiger charge is -2.11. The lowest BCUT2D eigenvalue weighted by Crippen LogP contribution is -1.94. The summed E-state index contributed by atoms with van der Waals surface area (Å²) in [5, 5.41) is 5.06. The van der Waals surface area contributed by atoms with E-state index in [0.29, 0.717) is 0 Å². The largest absolute Gasteiger partial charge is 0.309 e. The van der Waals surface area contributed by atoms with E-state index in [1.807, 2.05) is 0 Å². The van der Waals surface area contributed by atoms with Gasteiger partial charge in [0.05, 0.1) is 11.0 Å². The van der Waals surface area contributed by atoms with Crippen LogP contribution in [0.4, 0.5) is 0 Å². The van der Waals surface area contributed by atoms with Crippen LogP contribution in [0.5, 0.6) is 0 Å². The van der Waals surface area contributed by atoms with Gasteiger partial charge < -0.3 is 4.57 Å². The van der Waals surface area contributed by atoms with Gasteiger partial charge in [-0.1, -0.05) is 94.8 Å². The molecule has 0 saturated carbocycles. The number of hydrogen-bond acceptors (Lipinski definition) is 0. The second-order valence-corrected chi connectivity index (χ2v) is 8.45. The molecule has 6 aromatic rings. The average Bonchev–Trinajstić information content (AvgIpc) is 3.13. The smallest absolute Gasteiger partial charge is 0.0547 e. The molecule has 1 heterocycles. The second kappa shape index (κ2) is 6.86. The van der Waals surface area contributed by atoms with E-state index < -0.39 is 0 Å². The first kappa shape index (κ1) is 17.5. The minimum absolute atomic E-state index is 1.11. The van der Waals surface area contributed by atoms with E-state index >= 15 is 0 Å². The molecule has 0 unspecified atom stereocenters. The summed E-state index contributed by atoms with van der Waals surface area (Å²) >= 11 is 3.72. The van der Waals surface area contributed by atoms with Crippen LogP contribution in [0.2, 0.25) is 0 Å². The third-order valence-corrected chi connectivity index (χ3v) is 6.54. The second-order valence-electron chi connectivity index (χ2n) is 7.60. The molecule has 0 atom stereocenters. The van der Waals surface area contributed by atoms with Gasteiger partial charge in [-0.3, -0.25) is 0 Å². The Hall–Kier alpha value is -3.36. The van der Waals surface area contributed by atoms with Crippen molar-refractivity contribution in [1.29, 1.82) is 0 Å². The maximum atomic E-state index is 3.72. The molecule has 30 heavy (non-hydrogen) atoms. The van der Waals surface area contributed by atoms with Crippen LogP contribution in [0.15, 0.2) is 114 Å². The highest BCUT2D eigenvalue weighted by atomic mass is 79.9. The molecule has 1 aromatic heterocycles. The van der Waals surface area contributed by atoms with Crippen molar-refractivity contribution in [3.8, 4) is 16.8 Å². The van der Waals surface area contributed by atoms with Gasteiger partial charge in [0.1, 0.15) is 0 Å².